The molecule has 1 atom stereocenters. The fourth-order valence-electron chi connectivity index (χ4n) is 1.33. The van der Waals surface area contributed by atoms with E-state index in [-0.39, 0.29) is 5.91 Å². The van der Waals surface area contributed by atoms with Crippen LogP contribution in [0.1, 0.15) is 18.1 Å². The molecule has 0 bridgehead atoms. The maximum Gasteiger partial charge on any atom is 0.279 e. The molecule has 1 amide bonds. The Morgan fingerprint density at radius 3 is 2.53 bits per heavy atom. The van der Waals surface area contributed by atoms with E-state index in [1.165, 1.54) is 5.56 Å². The van der Waals surface area contributed by atoms with Gasteiger partial charge in [0.1, 0.15) is 5.75 Å². The van der Waals surface area contributed by atoms with Crippen molar-refractivity contribution in [3.63, 3.8) is 0 Å². The highest BCUT2D eigenvalue weighted by Gasteiger charge is 2.14. The van der Waals surface area contributed by atoms with Crippen molar-refractivity contribution in [1.82, 2.24) is 16.2 Å². The van der Waals surface area contributed by atoms with E-state index in [0.717, 1.165) is 5.56 Å². The largest absolute Gasteiger partial charge is 0.481 e. The molecule has 0 aliphatic carbocycles. The number of aryl methyl sites for hydroxylation is 2. The lowest BCUT2D eigenvalue weighted by molar-refractivity contribution is -0.127. The Kier molecular flexibility index (Phi) is 5.57. The van der Waals surface area contributed by atoms with Gasteiger partial charge in [0.25, 0.3) is 5.91 Å². The van der Waals surface area contributed by atoms with Gasteiger partial charge in [0, 0.05) is 7.05 Å². The molecule has 1 aromatic carbocycles. The van der Waals surface area contributed by atoms with Crippen LogP contribution in [0.2, 0.25) is 0 Å². The van der Waals surface area contributed by atoms with Gasteiger partial charge < -0.3 is 10.1 Å². The minimum atomic E-state index is -0.616. The summed E-state index contributed by atoms with van der Waals surface area (Å²) in [5.74, 6) is 0.373. The first-order valence-corrected chi connectivity index (χ1v) is 6.36. The summed E-state index contributed by atoms with van der Waals surface area (Å²) in [4.78, 5) is 11.7. The van der Waals surface area contributed by atoms with Crippen LogP contribution in [0.3, 0.4) is 0 Å². The number of hydrogen-bond donors (Lipinski definition) is 3. The SMILES string of the molecule is CNC(=S)NNC(=O)C(C)Oc1ccc(C)c(C)c1. The highest BCUT2D eigenvalue weighted by molar-refractivity contribution is 7.80. The Bertz CT molecular complexity index is 477. The van der Waals surface area contributed by atoms with Crippen molar-refractivity contribution in [2.24, 2.45) is 0 Å². The molecule has 1 unspecified atom stereocenters. The quantitative estimate of drug-likeness (QED) is 0.574. The van der Waals surface area contributed by atoms with Crippen LogP contribution < -0.4 is 20.9 Å². The Morgan fingerprint density at radius 1 is 1.26 bits per heavy atom. The average Bonchev–Trinajstić information content (AvgIpc) is 2.39. The smallest absolute Gasteiger partial charge is 0.279 e. The highest BCUT2D eigenvalue weighted by atomic mass is 32.1. The third-order valence-electron chi connectivity index (χ3n) is 2.69. The first-order chi connectivity index (χ1) is 8.93. The molecule has 0 aliphatic rings. The molecule has 3 N–H and O–H groups in total. The normalized spacial score (nSPS) is 11.4. The Hall–Kier alpha value is -1.82. The van der Waals surface area contributed by atoms with Crippen molar-refractivity contribution in [3.8, 4) is 5.75 Å². The van der Waals surface area contributed by atoms with Gasteiger partial charge in [0.2, 0.25) is 0 Å². The van der Waals surface area contributed by atoms with Crippen molar-refractivity contribution in [1.29, 1.82) is 0 Å². The summed E-state index contributed by atoms with van der Waals surface area (Å²) in [7, 11) is 1.66. The highest BCUT2D eigenvalue weighted by Crippen LogP contribution is 2.17. The number of carbonyl (C=O) groups excluding carboxylic acids is 1. The molecule has 5 nitrogen and oxygen atoms in total. The Labute approximate surface area is 118 Å². The van der Waals surface area contributed by atoms with E-state index in [1.54, 1.807) is 14.0 Å². The molecule has 0 aromatic heterocycles. The van der Waals surface area contributed by atoms with Crippen LogP contribution in [0, 0.1) is 13.8 Å². The van der Waals surface area contributed by atoms with Crippen molar-refractivity contribution < 1.29 is 9.53 Å². The average molecular weight is 281 g/mol. The number of carbonyl (C=O) groups is 1. The molecule has 0 heterocycles. The second-order valence-electron chi connectivity index (χ2n) is 4.20. The zero-order valence-corrected chi connectivity index (χ0v) is 12.4. The maximum absolute atomic E-state index is 11.7. The summed E-state index contributed by atoms with van der Waals surface area (Å²) in [5, 5.41) is 3.03. The molecule has 0 saturated heterocycles. The maximum atomic E-state index is 11.7. The van der Waals surface area contributed by atoms with Gasteiger partial charge in [0.15, 0.2) is 11.2 Å². The van der Waals surface area contributed by atoms with Crippen LogP contribution in [0.15, 0.2) is 18.2 Å². The fraction of sp³-hybridized carbons (Fsp3) is 0.385. The molecule has 104 valence electrons. The summed E-state index contributed by atoms with van der Waals surface area (Å²) in [6.07, 6.45) is -0.616. The van der Waals surface area contributed by atoms with Gasteiger partial charge in [-0.2, -0.15) is 0 Å². The second kappa shape index (κ2) is 6.94. The van der Waals surface area contributed by atoms with Crippen LogP contribution in [0.25, 0.3) is 0 Å². The minimum Gasteiger partial charge on any atom is -0.481 e. The molecule has 0 fully saturated rings. The summed E-state index contributed by atoms with van der Waals surface area (Å²) in [5.41, 5.74) is 7.33. The van der Waals surface area contributed by atoms with Gasteiger partial charge in [-0.3, -0.25) is 15.6 Å². The standard InChI is InChI=1S/C13H19N3O2S/c1-8-5-6-11(7-9(8)2)18-10(3)12(17)15-16-13(19)14-4/h5-7,10H,1-4H3,(H,15,17)(H2,14,16,19). The van der Waals surface area contributed by atoms with Gasteiger partial charge in [-0.1, -0.05) is 6.07 Å². The number of hydrogen-bond acceptors (Lipinski definition) is 3. The van der Waals surface area contributed by atoms with Gasteiger partial charge >= 0.3 is 0 Å². The Balaban J connectivity index is 2.53. The minimum absolute atomic E-state index is 0.296. The van der Waals surface area contributed by atoms with E-state index in [9.17, 15) is 4.79 Å². The van der Waals surface area contributed by atoms with Gasteiger partial charge in [-0.25, -0.2) is 0 Å². The molecular weight excluding hydrogens is 262 g/mol. The third kappa shape index (κ3) is 4.75. The lowest BCUT2D eigenvalue weighted by Crippen LogP contribution is -2.49. The van der Waals surface area contributed by atoms with Crippen molar-refractivity contribution >= 4 is 23.2 Å². The van der Waals surface area contributed by atoms with E-state index in [1.807, 2.05) is 32.0 Å². The van der Waals surface area contributed by atoms with Crippen LogP contribution in [-0.4, -0.2) is 24.2 Å². The van der Waals surface area contributed by atoms with Gasteiger partial charge in [0.05, 0.1) is 0 Å². The molecule has 0 saturated carbocycles. The molecule has 0 spiro atoms. The lowest BCUT2D eigenvalue weighted by Gasteiger charge is -2.16. The summed E-state index contributed by atoms with van der Waals surface area (Å²) in [6, 6.07) is 5.71. The number of ether oxygens (including phenoxy) is 1. The van der Waals surface area contributed by atoms with Crippen molar-refractivity contribution in [3.05, 3.63) is 29.3 Å². The van der Waals surface area contributed by atoms with E-state index >= 15 is 0 Å². The summed E-state index contributed by atoms with van der Waals surface area (Å²) in [6.45, 7) is 5.70. The van der Waals surface area contributed by atoms with Crippen LogP contribution >= 0.6 is 12.2 Å². The lowest BCUT2D eigenvalue weighted by atomic mass is 10.1. The predicted octanol–water partition coefficient (Wildman–Crippen LogP) is 1.20. The van der Waals surface area contributed by atoms with E-state index in [4.69, 9.17) is 17.0 Å². The van der Waals surface area contributed by atoms with Gasteiger partial charge in [-0.15, -0.1) is 0 Å². The first-order valence-electron chi connectivity index (χ1n) is 5.95. The molecular formula is C13H19N3O2S. The van der Waals surface area contributed by atoms with E-state index < -0.39 is 6.10 Å². The molecule has 0 aliphatic heterocycles. The number of thiocarbonyl (C=S) groups is 1. The summed E-state index contributed by atoms with van der Waals surface area (Å²) >= 11 is 4.84. The number of amides is 1. The topological polar surface area (TPSA) is 62.4 Å². The molecule has 1 rings (SSSR count). The Morgan fingerprint density at radius 2 is 1.95 bits per heavy atom. The van der Waals surface area contributed by atoms with Crippen molar-refractivity contribution in [2.45, 2.75) is 26.9 Å². The predicted molar refractivity (Wildman–Crippen MR) is 78.9 cm³/mol. The number of nitrogens with one attached hydrogen (secondary N) is 3. The molecule has 0 radical (unpaired) electrons. The van der Waals surface area contributed by atoms with Gasteiger partial charge in [-0.05, 0) is 56.2 Å². The zero-order valence-electron chi connectivity index (χ0n) is 11.5. The number of rotatable bonds is 3. The molecule has 19 heavy (non-hydrogen) atoms. The summed E-state index contributed by atoms with van der Waals surface area (Å²) < 4.78 is 5.56. The van der Waals surface area contributed by atoms with E-state index in [0.29, 0.717) is 10.9 Å². The van der Waals surface area contributed by atoms with Crippen LogP contribution in [-0.2, 0) is 4.79 Å². The second-order valence-corrected chi connectivity index (χ2v) is 4.61. The van der Waals surface area contributed by atoms with E-state index in [2.05, 4.69) is 16.2 Å². The molecule has 1 aromatic rings. The van der Waals surface area contributed by atoms with Crippen LogP contribution in [0.4, 0.5) is 0 Å². The third-order valence-corrected chi connectivity index (χ3v) is 2.99. The fourth-order valence-corrected chi connectivity index (χ4v) is 1.38. The number of hydrazine groups is 1. The van der Waals surface area contributed by atoms with Crippen molar-refractivity contribution in [2.75, 3.05) is 7.05 Å². The number of benzene rings is 1. The molecule has 6 heteroatoms. The monoisotopic (exact) mass is 281 g/mol. The first kappa shape index (κ1) is 15.2. The van der Waals surface area contributed by atoms with Crippen LogP contribution in [0.5, 0.6) is 5.75 Å². The zero-order chi connectivity index (χ0) is 14.4.